The first-order valence-electron chi connectivity index (χ1n) is 43.7. The van der Waals surface area contributed by atoms with E-state index in [1.807, 2.05) is 30.4 Å². The van der Waals surface area contributed by atoms with Gasteiger partial charge in [0.25, 0.3) is 23.0 Å². The number of hydrogen-bond donors (Lipinski definition) is 9. The van der Waals surface area contributed by atoms with Crippen LogP contribution in [0.25, 0.3) is 44.7 Å². The number of rotatable bonds is 36. The maximum Gasteiger partial charge on any atom is 0.306 e. The van der Waals surface area contributed by atoms with Gasteiger partial charge in [-0.2, -0.15) is 0 Å². The van der Waals surface area contributed by atoms with Crippen molar-refractivity contribution >= 4 is 166 Å². The van der Waals surface area contributed by atoms with E-state index in [1.165, 1.54) is 45.7 Å². The number of ether oxygens (including phenoxy) is 7. The van der Waals surface area contributed by atoms with Crippen molar-refractivity contribution in [1.82, 2.24) is 88.7 Å². The van der Waals surface area contributed by atoms with Gasteiger partial charge in [0.2, 0.25) is 11.8 Å². The summed E-state index contributed by atoms with van der Waals surface area (Å²) in [5, 5.41) is 39.4. The third-order valence-corrected chi connectivity index (χ3v) is 20.4. The van der Waals surface area contributed by atoms with Crippen molar-refractivity contribution < 1.29 is 97.9 Å². The highest BCUT2D eigenvalue weighted by atomic mass is 35.5. The highest BCUT2D eigenvalue weighted by Gasteiger charge is 2.30. The molecule has 12 aromatic rings. The van der Waals surface area contributed by atoms with E-state index < -0.39 is 76.4 Å². The number of nitrogens with zero attached hydrogens (tertiary/aromatic N) is 16. The molecule has 4 aliphatic heterocycles. The number of nitrogens with two attached hydrogens (primary N) is 1. The zero-order valence-electron chi connectivity index (χ0n) is 76.4. The van der Waals surface area contributed by atoms with Crippen LogP contribution in [0.4, 0.5) is 23.3 Å². The summed E-state index contributed by atoms with van der Waals surface area (Å²) in [4.78, 5) is 145. The number of amides is 5. The summed E-state index contributed by atoms with van der Waals surface area (Å²) < 4.78 is 99.2. The molecule has 42 nitrogen and oxygen atoms in total. The lowest BCUT2D eigenvalue weighted by molar-refractivity contribution is -0.146. The number of fused-ring (bicyclic) bond motifs is 4. The molecule has 132 heavy (non-hydrogen) atoms. The van der Waals surface area contributed by atoms with Gasteiger partial charge in [-0.05, 0) is 147 Å². The van der Waals surface area contributed by atoms with Crippen molar-refractivity contribution in [1.29, 1.82) is 5.34 Å². The molecule has 5 amide bonds. The van der Waals surface area contributed by atoms with Crippen LogP contribution in [0.1, 0.15) is 117 Å². The number of aliphatic hydroxyl groups is 3. The molecule has 0 spiro atoms. The van der Waals surface area contributed by atoms with E-state index in [2.05, 4.69) is 86.4 Å². The minimum atomic E-state index is -1.39. The van der Waals surface area contributed by atoms with Crippen LogP contribution in [-0.4, -0.2) is 244 Å². The van der Waals surface area contributed by atoms with Crippen LogP contribution in [0.15, 0.2) is 196 Å². The number of esters is 2. The quantitative estimate of drug-likeness (QED) is 0.00559. The molecule has 4 aliphatic rings. The molecule has 0 bridgehead atoms. The molecule has 8 aromatic heterocycles. The van der Waals surface area contributed by atoms with Crippen molar-refractivity contribution in [2.75, 3.05) is 80.6 Å². The Morgan fingerprint density at radius 3 is 1.14 bits per heavy atom. The molecule has 4 aromatic carbocycles. The van der Waals surface area contributed by atoms with Gasteiger partial charge >= 0.3 is 11.9 Å². The number of imidazole rings is 4. The first kappa shape index (κ1) is 89.1. The maximum atomic E-state index is 12.9. The molecule has 0 aliphatic carbocycles. The van der Waals surface area contributed by atoms with E-state index in [4.69, 9.17) is 82.3 Å². The number of carbonyl (C=O) groups is 8. The molecule has 12 heterocycles. The zero-order valence-corrected chi connectivity index (χ0v) is 72.8. The first-order valence-corrected chi connectivity index (χ1v) is 42.4. The van der Waals surface area contributed by atoms with E-state index in [9.17, 15) is 38.4 Å². The van der Waals surface area contributed by atoms with Crippen LogP contribution < -0.4 is 32.3 Å². The Kier molecular flexibility index (Phi) is 33.1. The SMILES string of the molecule is Nc1ncnc2c1ncn2[C@H]1C=C[C@@H](CO)O1.O=C(Cl)c1ccc(CO)cc1.[2H]B([3H])CSOC[C@@H]1C=C[C@H](n2cnc3c(NC(=O)c4ccc(CO)cc4)ncnc32)O1.[2H]B([3H])CSOC[C@@H]1C=C[C@H](n2cnc3c(NC(=O)c4ccc(COC(=O)CCC(=O)NC)cc4)ncnc32)O1.[2H]C([3H])OC[C@@H]1C=C[C@H](n2cnc3c(NC(=O)c4ccc(COC(=O)CCC(=O)NC)cc4)ncnc32)O1. The molecule has 10 N–H and O–H groups in total. The summed E-state index contributed by atoms with van der Waals surface area (Å²) in [6, 6.07) is 26.2. The number of aliphatic hydroxyl groups excluding tert-OH is 3. The van der Waals surface area contributed by atoms with Crippen LogP contribution in [0.2, 0.25) is 0 Å². The molecule has 47 heteroatoms. The number of halogens is 1. The molecule has 0 saturated carbocycles. The smallest absolute Gasteiger partial charge is 0.306 e. The minimum absolute atomic E-state index is 0.0122. The number of aromatic nitrogens is 16. The second-order valence-corrected chi connectivity index (χ2v) is 30.0. The zero-order chi connectivity index (χ0) is 98.2. The largest absolute Gasteiger partial charge is 0.461 e. The fourth-order valence-electron chi connectivity index (χ4n) is 12.5. The Morgan fingerprint density at radius 1 is 0.462 bits per heavy atom. The fourth-order valence-corrected chi connectivity index (χ4v) is 13.3. The summed E-state index contributed by atoms with van der Waals surface area (Å²) in [6.45, 7) is 0.537. The lowest BCUT2D eigenvalue weighted by Crippen LogP contribution is -2.19. The Balaban J connectivity index is 0.000000163. The van der Waals surface area contributed by atoms with E-state index >= 15 is 0 Å². The fraction of sp³-hybridized carbons (Fsp3) is 0.294. The number of carbonyl (C=O) groups excluding carboxylic acids is 8. The van der Waals surface area contributed by atoms with Gasteiger partial charge in [-0.3, -0.25) is 56.6 Å². The normalized spacial score (nSPS) is 18.1. The highest BCUT2D eigenvalue weighted by Crippen LogP contribution is 2.33. The average Bonchev–Trinajstić information content (AvgIpc) is 1.66. The second kappa shape index (κ2) is 49.0. The topological polar surface area (TPSA) is 541 Å². The van der Waals surface area contributed by atoms with Crippen molar-refractivity contribution in [2.24, 2.45) is 0 Å². The molecule has 0 radical (unpaired) electrons. The first-order chi connectivity index (χ1) is 66.7. The molecular weight excluding hydrogens is 1770 g/mol. The Labute approximate surface area is 776 Å². The molecule has 9 atom stereocenters. The van der Waals surface area contributed by atoms with Crippen molar-refractivity contribution in [2.45, 2.75) is 101 Å². The standard InChI is InChI=1S/C24H27BN6O6S.C24H26N6O6.C19H20BN5O4S.C10H11N5O2.C8H7ClO2/c1-26-18(32)7-9-20(33)35-10-15-2-4-16(5-3-15)24(34)30-22-21-23(28-13-27-22)31(14-29-21)19-8-6-17(37-19)11-36-38-12-25;1-25-18(31)8-10-20(32)35-11-15-3-5-16(6-4-15)24(33)29-22-21-23(27-13-26-22)30(14-28-21)19-9-7-17(36-19)12-34-2;20-9-30-28-8-14-5-6-15(29-14)25-11-23-16-17(21-10-22-18(16)25)24-19(27)13-3-1-12(7-26)2-4-13;11-9-8-10(13-4-12-9)15(5-14-8)7-2-1-6(3-16)17-7;9-8(11)7-3-1-6(5-10)2-4-7/h2-6,8,13-14,17,19H,7,9-12,25H2,1H3,(H,26,32)(H,27,28,30,34);3-7,9,13-14,17,19H,8,10-12H2,1-2H3,(H,25,31)(H,26,27,29,33);1-6,10-11,14-15,26H,7-9,20H2,(H,21,22,24,27);1-2,4-7,16H,3H2,(H2,11,12,13);1-4,10H,5H2/t2*17-,19+;14-,15+;6-,7+;/m0000./s1/i25TD;2TD;20TD;;/tm;2?,17-,19+;m;;. The van der Waals surface area contributed by atoms with Gasteiger partial charge in [-0.1, -0.05) is 72.8 Å². The molecule has 686 valence electrons. The van der Waals surface area contributed by atoms with Gasteiger partial charge in [0.1, 0.15) is 84.0 Å². The van der Waals surface area contributed by atoms with Crippen LogP contribution in [-0.2, 0) is 87.1 Å². The van der Waals surface area contributed by atoms with E-state index in [1.54, 1.807) is 153 Å². The second-order valence-electron chi connectivity index (χ2n) is 28.1. The van der Waals surface area contributed by atoms with Gasteiger partial charge in [0, 0.05) is 56.3 Å². The van der Waals surface area contributed by atoms with Crippen LogP contribution in [0, 0.1) is 0 Å². The van der Waals surface area contributed by atoms with Crippen LogP contribution in [0.5, 0.6) is 0 Å². The summed E-state index contributed by atoms with van der Waals surface area (Å²) in [7, 11) is -0.272. The molecule has 1 unspecified atom stereocenters. The Bertz CT molecular complexity index is 6310. The predicted molar refractivity (Wildman–Crippen MR) is 489 cm³/mol. The highest BCUT2D eigenvalue weighted by molar-refractivity contribution is 7.95. The van der Waals surface area contributed by atoms with Crippen molar-refractivity contribution in [3.8, 4) is 0 Å². The van der Waals surface area contributed by atoms with E-state index in [0.29, 0.717) is 96.0 Å². The summed E-state index contributed by atoms with van der Waals surface area (Å²) >= 11 is 7.34. The van der Waals surface area contributed by atoms with Gasteiger partial charge in [0.15, 0.2) is 87.3 Å². The van der Waals surface area contributed by atoms with Crippen LogP contribution >= 0.6 is 35.7 Å². The third kappa shape index (κ3) is 26.7. The van der Waals surface area contributed by atoms with E-state index in [0.717, 1.165) is 29.6 Å². The average molecular weight is 1870 g/mol. The van der Waals surface area contributed by atoms with Crippen molar-refractivity contribution in [3.05, 3.63) is 241 Å². The summed E-state index contributed by atoms with van der Waals surface area (Å²) in [6.07, 6.45) is 23.3. The number of hydrogen-bond acceptors (Lipinski definition) is 35. The van der Waals surface area contributed by atoms with Gasteiger partial charge in [-0.25, -0.2) is 59.8 Å². The van der Waals surface area contributed by atoms with Crippen molar-refractivity contribution in [3.63, 3.8) is 0 Å². The number of anilines is 4. The van der Waals surface area contributed by atoms with E-state index in [-0.39, 0.29) is 143 Å². The minimum Gasteiger partial charge on any atom is -0.461 e. The third-order valence-electron chi connectivity index (χ3n) is 19.3. The number of benzene rings is 4. The Morgan fingerprint density at radius 2 is 0.795 bits per heavy atom. The number of methoxy groups -OCH3 is 1. The number of nitrogens with one attached hydrogen (secondary N) is 5. The maximum absolute atomic E-state index is 12.9. The summed E-state index contributed by atoms with van der Waals surface area (Å²) in [5.41, 5.74) is 14.5. The molecule has 0 saturated heterocycles. The predicted octanol–water partition coefficient (Wildman–Crippen LogP) is 5.80. The monoisotopic (exact) mass is 1870 g/mol. The lowest BCUT2D eigenvalue weighted by Gasteiger charge is -2.15. The molecular formula is C85H91B2ClN22O20S2. The van der Waals surface area contributed by atoms with Gasteiger partial charge < -0.3 is 89.2 Å². The number of nitrogen functional groups attached to an aromatic ring is 1. The summed E-state index contributed by atoms with van der Waals surface area (Å²) in [5.74, 6) is -1.53. The van der Waals surface area contributed by atoms with Crippen LogP contribution in [0.3, 0.4) is 0 Å². The van der Waals surface area contributed by atoms with Gasteiger partial charge in [-0.15, -0.1) is 0 Å². The van der Waals surface area contributed by atoms with Gasteiger partial charge in [0.05, 0.1) is 80.5 Å². The molecule has 0 fully saturated rings. The Hall–Kier alpha value is -13.5. The molecule has 16 rings (SSSR count). The lowest BCUT2D eigenvalue weighted by atomic mass is 10.1.